The predicted octanol–water partition coefficient (Wildman–Crippen LogP) is 3.36. The van der Waals surface area contributed by atoms with Crippen LogP contribution in [-0.2, 0) is 21.6 Å². The van der Waals surface area contributed by atoms with E-state index in [9.17, 15) is 4.79 Å². The van der Waals surface area contributed by atoms with Gasteiger partial charge in [-0.2, -0.15) is 0 Å². The molecule has 17 heavy (non-hydrogen) atoms. The van der Waals surface area contributed by atoms with Gasteiger partial charge in [-0.15, -0.1) is 0 Å². The van der Waals surface area contributed by atoms with Gasteiger partial charge in [-0.1, -0.05) is 30.8 Å². The lowest BCUT2D eigenvalue weighted by molar-refractivity contribution is -0.140. The zero-order chi connectivity index (χ0) is 12.5. The molecule has 0 aromatic heterocycles. The van der Waals surface area contributed by atoms with Gasteiger partial charge in [0.05, 0.1) is 5.76 Å². The van der Waals surface area contributed by atoms with Crippen molar-refractivity contribution in [2.75, 3.05) is 0 Å². The van der Waals surface area contributed by atoms with Gasteiger partial charge in [-0.25, -0.2) is 0 Å². The Morgan fingerprint density at radius 1 is 1.35 bits per heavy atom. The quantitative estimate of drug-likeness (QED) is 0.744. The van der Waals surface area contributed by atoms with Gasteiger partial charge in [0.25, 0.3) is 0 Å². The summed E-state index contributed by atoms with van der Waals surface area (Å²) >= 11 is 0. The number of hydrogen-bond acceptors (Lipinski definition) is 2. The molecule has 90 valence electrons. The van der Waals surface area contributed by atoms with Crippen LogP contribution in [0.15, 0.2) is 36.6 Å². The molecule has 2 heteroatoms. The van der Waals surface area contributed by atoms with Gasteiger partial charge in [0.15, 0.2) is 11.4 Å². The highest BCUT2D eigenvalue weighted by molar-refractivity contribution is 5.87. The number of carbonyl (C=O) groups is 1. The molecule has 1 aliphatic rings. The van der Waals surface area contributed by atoms with E-state index in [1.165, 1.54) is 5.56 Å². The lowest BCUT2D eigenvalue weighted by Gasteiger charge is -2.37. The van der Waals surface area contributed by atoms with Crippen LogP contribution in [0.1, 0.15) is 37.8 Å². The van der Waals surface area contributed by atoms with E-state index in [0.29, 0.717) is 5.76 Å². The third-order valence-electron chi connectivity index (χ3n) is 3.34. The van der Waals surface area contributed by atoms with Crippen LogP contribution in [0, 0.1) is 0 Å². The summed E-state index contributed by atoms with van der Waals surface area (Å²) < 4.78 is 5.82. The summed E-state index contributed by atoms with van der Waals surface area (Å²) in [5.74, 6) is 0.657. The summed E-state index contributed by atoms with van der Waals surface area (Å²) in [6, 6.07) is 8.05. The highest BCUT2D eigenvalue weighted by atomic mass is 16.5. The van der Waals surface area contributed by atoms with E-state index in [1.807, 2.05) is 18.2 Å². The summed E-state index contributed by atoms with van der Waals surface area (Å²) in [6.07, 6.45) is 2.74. The molecule has 2 rings (SSSR count). The van der Waals surface area contributed by atoms with Crippen molar-refractivity contribution >= 4 is 5.78 Å². The van der Waals surface area contributed by atoms with E-state index in [-0.39, 0.29) is 5.78 Å². The minimum atomic E-state index is -0.805. The molecule has 0 fully saturated rings. The van der Waals surface area contributed by atoms with Gasteiger partial charge in [-0.05, 0) is 38.7 Å². The van der Waals surface area contributed by atoms with Crippen LogP contribution in [0.3, 0.4) is 0 Å². The second kappa shape index (κ2) is 4.36. The largest absolute Gasteiger partial charge is 0.480 e. The first kappa shape index (κ1) is 11.9. The summed E-state index contributed by atoms with van der Waals surface area (Å²) in [5, 5.41) is 0. The SMILES string of the molecule is C=C(C)OC1(C(C)=O)CCCc2ccccc21. The van der Waals surface area contributed by atoms with Crippen molar-refractivity contribution in [3.05, 3.63) is 47.7 Å². The fourth-order valence-corrected chi connectivity index (χ4v) is 2.64. The van der Waals surface area contributed by atoms with Gasteiger partial charge in [0.1, 0.15) is 0 Å². The minimum absolute atomic E-state index is 0.0626. The molecule has 2 nitrogen and oxygen atoms in total. The molecule has 1 aromatic rings. The number of fused-ring (bicyclic) bond motifs is 1. The van der Waals surface area contributed by atoms with Crippen molar-refractivity contribution in [1.82, 2.24) is 0 Å². The van der Waals surface area contributed by atoms with Crippen LogP contribution in [0.4, 0.5) is 0 Å². The van der Waals surface area contributed by atoms with Crippen LogP contribution in [0.25, 0.3) is 0 Å². The topological polar surface area (TPSA) is 26.3 Å². The van der Waals surface area contributed by atoms with E-state index in [0.717, 1.165) is 24.8 Å². The molecule has 0 N–H and O–H groups in total. The third kappa shape index (κ3) is 1.99. The molecule has 0 aliphatic heterocycles. The monoisotopic (exact) mass is 230 g/mol. The molecule has 0 bridgehead atoms. The van der Waals surface area contributed by atoms with Gasteiger partial charge in [-0.3, -0.25) is 4.79 Å². The normalized spacial score (nSPS) is 22.7. The number of allylic oxidation sites excluding steroid dienone is 1. The molecule has 0 spiro atoms. The fraction of sp³-hybridized carbons (Fsp3) is 0.400. The summed E-state index contributed by atoms with van der Waals surface area (Å²) in [6.45, 7) is 7.17. The molecule has 0 saturated heterocycles. The van der Waals surface area contributed by atoms with Gasteiger partial charge >= 0.3 is 0 Å². The van der Waals surface area contributed by atoms with Crippen LogP contribution in [-0.4, -0.2) is 5.78 Å². The number of ketones is 1. The number of carbonyl (C=O) groups excluding carboxylic acids is 1. The summed E-state index contributed by atoms with van der Waals surface area (Å²) in [4.78, 5) is 12.1. The zero-order valence-corrected chi connectivity index (χ0v) is 10.5. The van der Waals surface area contributed by atoms with Crippen LogP contribution in [0.5, 0.6) is 0 Å². The lowest BCUT2D eigenvalue weighted by atomic mass is 9.76. The molecule has 0 radical (unpaired) electrons. The Morgan fingerprint density at radius 3 is 2.71 bits per heavy atom. The van der Waals surface area contributed by atoms with E-state index >= 15 is 0 Å². The molecule has 1 atom stereocenters. The molecule has 0 amide bonds. The number of aryl methyl sites for hydroxylation is 1. The smallest absolute Gasteiger partial charge is 0.191 e. The van der Waals surface area contributed by atoms with Gasteiger partial charge in [0.2, 0.25) is 0 Å². The first-order chi connectivity index (χ1) is 8.06. The predicted molar refractivity (Wildman–Crippen MR) is 67.6 cm³/mol. The van der Waals surface area contributed by atoms with Gasteiger partial charge < -0.3 is 4.74 Å². The highest BCUT2D eigenvalue weighted by Gasteiger charge is 2.42. The molecule has 1 unspecified atom stereocenters. The average Bonchev–Trinajstić information content (AvgIpc) is 2.28. The molecule has 1 aromatic carbocycles. The Hall–Kier alpha value is -1.57. The van der Waals surface area contributed by atoms with Crippen molar-refractivity contribution in [3.63, 3.8) is 0 Å². The maximum Gasteiger partial charge on any atom is 0.191 e. The Kier molecular flexibility index (Phi) is 3.05. The zero-order valence-electron chi connectivity index (χ0n) is 10.5. The molecule has 1 aliphatic carbocycles. The summed E-state index contributed by atoms with van der Waals surface area (Å²) in [5.41, 5.74) is 1.43. The van der Waals surface area contributed by atoms with Crippen molar-refractivity contribution in [2.24, 2.45) is 0 Å². The van der Waals surface area contributed by atoms with E-state index in [1.54, 1.807) is 13.8 Å². The van der Waals surface area contributed by atoms with E-state index in [4.69, 9.17) is 4.74 Å². The van der Waals surface area contributed by atoms with Crippen LogP contribution >= 0.6 is 0 Å². The second-order valence-electron chi connectivity index (χ2n) is 4.70. The first-order valence-electron chi connectivity index (χ1n) is 6.00. The Labute approximate surface area is 102 Å². The average molecular weight is 230 g/mol. The minimum Gasteiger partial charge on any atom is -0.480 e. The van der Waals surface area contributed by atoms with Crippen molar-refractivity contribution in [1.29, 1.82) is 0 Å². The highest BCUT2D eigenvalue weighted by Crippen LogP contribution is 2.40. The first-order valence-corrected chi connectivity index (χ1v) is 6.00. The Bertz CT molecular complexity index is 462. The molecule has 0 heterocycles. The van der Waals surface area contributed by atoms with Crippen molar-refractivity contribution in [2.45, 2.75) is 38.7 Å². The van der Waals surface area contributed by atoms with Crippen molar-refractivity contribution in [3.8, 4) is 0 Å². The van der Waals surface area contributed by atoms with Crippen LogP contribution in [0.2, 0.25) is 0 Å². The van der Waals surface area contributed by atoms with Crippen molar-refractivity contribution < 1.29 is 9.53 Å². The lowest BCUT2D eigenvalue weighted by Crippen LogP contribution is -2.40. The number of ether oxygens (including phenoxy) is 1. The molecular weight excluding hydrogens is 212 g/mol. The van der Waals surface area contributed by atoms with E-state index in [2.05, 4.69) is 12.6 Å². The fourth-order valence-electron chi connectivity index (χ4n) is 2.64. The molecular formula is C15H18O2. The summed E-state index contributed by atoms with van der Waals surface area (Å²) in [7, 11) is 0. The maximum atomic E-state index is 12.1. The maximum absolute atomic E-state index is 12.1. The number of hydrogen-bond donors (Lipinski definition) is 0. The Balaban J connectivity index is 2.55. The standard InChI is InChI=1S/C15H18O2/c1-11(2)17-15(12(3)16)10-6-8-13-7-4-5-9-14(13)15/h4-5,7,9H,1,6,8,10H2,2-3H3. The third-order valence-corrected chi connectivity index (χ3v) is 3.34. The Morgan fingerprint density at radius 2 is 2.06 bits per heavy atom. The second-order valence-corrected chi connectivity index (χ2v) is 4.70. The number of rotatable bonds is 3. The van der Waals surface area contributed by atoms with Gasteiger partial charge in [0, 0.05) is 5.56 Å². The number of Topliss-reactive ketones (excluding diaryl/α,β-unsaturated/α-hetero) is 1. The van der Waals surface area contributed by atoms with Crippen LogP contribution < -0.4 is 0 Å². The number of benzene rings is 1. The van der Waals surface area contributed by atoms with E-state index < -0.39 is 5.60 Å². The molecule has 0 saturated carbocycles.